The van der Waals surface area contributed by atoms with Crippen molar-refractivity contribution in [1.82, 2.24) is 25.1 Å². The third-order valence-corrected chi connectivity index (χ3v) is 7.95. The molecule has 0 saturated carbocycles. The number of carbonyl (C=O) groups excluding carboxylic acids is 3. The molecule has 1 aromatic heterocycles. The zero-order valence-electron chi connectivity index (χ0n) is 24.3. The second kappa shape index (κ2) is 16.5. The first-order chi connectivity index (χ1) is 20.3. The van der Waals surface area contributed by atoms with Gasteiger partial charge in [0.2, 0.25) is 5.91 Å². The van der Waals surface area contributed by atoms with Gasteiger partial charge in [-0.3, -0.25) is 9.59 Å². The molecule has 2 saturated heterocycles. The number of unbranched alkanes of at least 4 members (excludes halogenated alkanes) is 1. The van der Waals surface area contributed by atoms with E-state index in [1.807, 2.05) is 42.2 Å². The number of nitrogens with zero attached hydrogens (tertiary/aromatic N) is 5. The van der Waals surface area contributed by atoms with Gasteiger partial charge in [0.1, 0.15) is 11.5 Å². The maximum atomic E-state index is 13.5. The van der Waals surface area contributed by atoms with Crippen LogP contribution in [0.4, 0.5) is 10.6 Å². The minimum atomic E-state index is -2.99. The highest BCUT2D eigenvalue weighted by atomic mass is 35.5. The number of hydrogen-bond acceptors (Lipinski definition) is 10. The lowest BCUT2D eigenvalue weighted by atomic mass is 10.2. The van der Waals surface area contributed by atoms with Crippen LogP contribution in [0.5, 0.6) is 0 Å². The van der Waals surface area contributed by atoms with Gasteiger partial charge in [0.25, 0.3) is 5.91 Å². The number of halogens is 1. The summed E-state index contributed by atoms with van der Waals surface area (Å²) in [6.07, 6.45) is 1.51. The van der Waals surface area contributed by atoms with Crippen molar-refractivity contribution >= 4 is 44.2 Å². The van der Waals surface area contributed by atoms with E-state index in [0.29, 0.717) is 36.9 Å². The predicted molar refractivity (Wildman–Crippen MR) is 160 cm³/mol. The fourth-order valence-corrected chi connectivity index (χ4v) is 5.39. The highest BCUT2D eigenvalue weighted by molar-refractivity contribution is 7.36. The molecule has 2 aromatic rings. The van der Waals surface area contributed by atoms with Crippen molar-refractivity contribution in [2.24, 2.45) is 0 Å². The van der Waals surface area contributed by atoms with Gasteiger partial charge >= 0.3 is 14.1 Å². The lowest BCUT2D eigenvalue weighted by Gasteiger charge is -2.35. The van der Waals surface area contributed by atoms with Crippen molar-refractivity contribution in [3.05, 3.63) is 42.1 Å². The number of amides is 3. The van der Waals surface area contributed by atoms with Crippen LogP contribution in [0.25, 0.3) is 11.4 Å². The summed E-state index contributed by atoms with van der Waals surface area (Å²) in [6, 6.07) is 9.43. The van der Waals surface area contributed by atoms with Crippen LogP contribution in [0.15, 0.2) is 36.4 Å². The molecule has 1 unspecified atom stereocenters. The van der Waals surface area contributed by atoms with Crippen molar-refractivity contribution in [3.8, 4) is 11.4 Å². The molecule has 3 amide bonds. The number of carbonyl (C=O) groups is 3. The molecule has 0 aliphatic carbocycles. The van der Waals surface area contributed by atoms with Crippen LogP contribution in [0, 0.1) is 0 Å². The summed E-state index contributed by atoms with van der Waals surface area (Å²) in [5.41, 5.74) is 0.718. The summed E-state index contributed by atoms with van der Waals surface area (Å²) in [5, 5.41) is 2.59. The van der Waals surface area contributed by atoms with Crippen molar-refractivity contribution in [2.75, 3.05) is 64.0 Å². The molecule has 15 heteroatoms. The Hall–Kier alpha value is -3.38. The lowest BCUT2D eigenvalue weighted by molar-refractivity contribution is -0.165. The molecule has 3 heterocycles. The normalized spacial score (nSPS) is 17.6. The number of hydrogen-bond donors (Lipinski definition) is 1. The van der Waals surface area contributed by atoms with Gasteiger partial charge < -0.3 is 34.4 Å². The molecule has 234 valence electrons. The average molecular weight is 637 g/mol. The zero-order valence-corrected chi connectivity index (χ0v) is 26.1. The Morgan fingerprint density at radius 2 is 1.79 bits per heavy atom. The van der Waals surface area contributed by atoms with E-state index in [4.69, 9.17) is 9.47 Å². The maximum absolute atomic E-state index is 13.5. The fraction of sp³-hybridized carbons (Fsp3) is 0.536. The summed E-state index contributed by atoms with van der Waals surface area (Å²) in [5.74, 6) is -0.361. The fourth-order valence-electron chi connectivity index (χ4n) is 4.85. The van der Waals surface area contributed by atoms with E-state index in [1.54, 1.807) is 13.2 Å². The summed E-state index contributed by atoms with van der Waals surface area (Å²) in [4.78, 5) is 64.9. The molecule has 43 heavy (non-hydrogen) atoms. The molecule has 0 radical (unpaired) electrons. The number of piperazine rings is 1. The summed E-state index contributed by atoms with van der Waals surface area (Å²) < 4.78 is 22.4. The summed E-state index contributed by atoms with van der Waals surface area (Å²) >= 11 is 0. The Morgan fingerprint density at radius 3 is 2.42 bits per heavy atom. The first kappa shape index (κ1) is 34.1. The molecule has 2 fully saturated rings. The standard InChI is InChI=1S/C28H37N6O7P.ClH/c1-3-4-16-41-28(37)33-14-12-32(13-15-33)27(36)23(19-42(38)39)30-26(35)22-17-24(34-11-10-21(18-34)40-2)31-25(29-22)20-8-6-5-7-9-20;/h5-9,17,21,23H,3-4,10-16,18-19H2,1-2H3,(H,30,35);1H/t21-,23-;/m0./s1. The van der Waals surface area contributed by atoms with Gasteiger partial charge in [-0.05, 0) is 12.8 Å². The molecule has 0 bridgehead atoms. The third-order valence-electron chi connectivity index (χ3n) is 7.29. The number of nitrogens with one attached hydrogen (secondary N) is 1. The van der Waals surface area contributed by atoms with Gasteiger partial charge in [-0.1, -0.05) is 48.2 Å². The molecule has 0 spiro atoms. The van der Waals surface area contributed by atoms with Crippen LogP contribution in [-0.4, -0.2) is 109 Å². The Labute approximate surface area is 258 Å². The Bertz CT molecular complexity index is 1270. The van der Waals surface area contributed by atoms with E-state index in [1.165, 1.54) is 9.80 Å². The van der Waals surface area contributed by atoms with E-state index in [9.17, 15) is 23.8 Å². The van der Waals surface area contributed by atoms with Gasteiger partial charge in [-0.2, -0.15) is 0 Å². The maximum Gasteiger partial charge on any atom is 0.409 e. The largest absolute Gasteiger partial charge is 0.595 e. The molecule has 1 N–H and O–H groups in total. The minimum Gasteiger partial charge on any atom is -0.595 e. The first-order valence-electron chi connectivity index (χ1n) is 14.1. The number of methoxy groups -OCH3 is 1. The minimum absolute atomic E-state index is 0. The second-order valence-electron chi connectivity index (χ2n) is 10.2. The van der Waals surface area contributed by atoms with Crippen molar-refractivity contribution in [3.63, 3.8) is 0 Å². The van der Waals surface area contributed by atoms with Gasteiger partial charge in [-0.25, -0.2) is 14.8 Å². The predicted octanol–water partition coefficient (Wildman–Crippen LogP) is 2.07. The van der Waals surface area contributed by atoms with Gasteiger partial charge in [-0.15, -0.1) is 12.4 Å². The lowest BCUT2D eigenvalue weighted by Crippen LogP contribution is -2.56. The van der Waals surface area contributed by atoms with Crippen LogP contribution in [0.2, 0.25) is 0 Å². The highest BCUT2D eigenvalue weighted by Gasteiger charge is 2.34. The molecule has 2 aliphatic heterocycles. The van der Waals surface area contributed by atoms with Gasteiger partial charge in [0, 0.05) is 58.0 Å². The topological polar surface area (TPSA) is 157 Å². The van der Waals surface area contributed by atoms with Crippen LogP contribution in [0.3, 0.4) is 0 Å². The molecule has 13 nitrogen and oxygen atoms in total. The van der Waals surface area contributed by atoms with E-state index in [2.05, 4.69) is 15.3 Å². The van der Waals surface area contributed by atoms with Crippen LogP contribution in [-0.2, 0) is 18.8 Å². The quantitative estimate of drug-likeness (QED) is 0.286. The molecule has 3 atom stereocenters. The highest BCUT2D eigenvalue weighted by Crippen LogP contribution is 2.24. The van der Waals surface area contributed by atoms with E-state index >= 15 is 0 Å². The van der Waals surface area contributed by atoms with Crippen molar-refractivity contribution in [1.29, 1.82) is 0 Å². The zero-order chi connectivity index (χ0) is 30.1. The summed E-state index contributed by atoms with van der Waals surface area (Å²) in [6.45, 7) is 4.48. The molecule has 1 aromatic carbocycles. The number of benzene rings is 1. The monoisotopic (exact) mass is 636 g/mol. The van der Waals surface area contributed by atoms with Gasteiger partial charge in [0.05, 0.1) is 12.7 Å². The number of ether oxygens (including phenoxy) is 2. The van der Waals surface area contributed by atoms with Crippen molar-refractivity contribution in [2.45, 2.75) is 38.3 Å². The van der Waals surface area contributed by atoms with Crippen LogP contribution in [0.1, 0.15) is 36.7 Å². The number of aromatic nitrogens is 2. The second-order valence-corrected chi connectivity index (χ2v) is 11.2. The smallest absolute Gasteiger partial charge is 0.409 e. The third kappa shape index (κ3) is 9.30. The molecular weight excluding hydrogens is 599 g/mol. The molecular formula is C28H38ClN6O7P. The average Bonchev–Trinajstić information content (AvgIpc) is 3.50. The Balaban J connectivity index is 0.00000506. The van der Waals surface area contributed by atoms with Crippen LogP contribution >= 0.6 is 20.4 Å². The molecule has 4 rings (SSSR count). The van der Waals surface area contributed by atoms with Gasteiger partial charge in [0.15, 0.2) is 18.0 Å². The first-order valence-corrected chi connectivity index (χ1v) is 15.5. The SMILES string of the molecule is CCCCOC(=O)N1CCN(C(=O)[C@H](C[P+](=O)[O-])NC(=O)c2cc(N3CC[C@H](OC)C3)nc(-c3ccccc3)n2)CC1.Cl. The van der Waals surface area contributed by atoms with E-state index < -0.39 is 38.1 Å². The number of anilines is 1. The Kier molecular flexibility index (Phi) is 13.1. The van der Waals surface area contributed by atoms with E-state index in [-0.39, 0.29) is 50.4 Å². The van der Waals surface area contributed by atoms with Crippen LogP contribution < -0.4 is 15.1 Å². The molecule has 2 aliphatic rings. The van der Waals surface area contributed by atoms with Crippen molar-refractivity contribution < 1.29 is 33.3 Å². The number of rotatable bonds is 11. The summed E-state index contributed by atoms with van der Waals surface area (Å²) in [7, 11) is -1.33. The van der Waals surface area contributed by atoms with E-state index in [0.717, 1.165) is 19.3 Å². The Morgan fingerprint density at radius 1 is 1.09 bits per heavy atom.